The summed E-state index contributed by atoms with van der Waals surface area (Å²) in [6.45, 7) is 0.253. The first-order valence-corrected chi connectivity index (χ1v) is 6.59. The number of rotatable bonds is 6. The molecule has 2 rings (SSSR count). The van der Waals surface area contributed by atoms with Crippen molar-refractivity contribution in [3.63, 3.8) is 0 Å². The molecule has 0 bridgehead atoms. The van der Waals surface area contributed by atoms with Gasteiger partial charge in [0.2, 0.25) is 5.75 Å². The Morgan fingerprint density at radius 3 is 2.40 bits per heavy atom. The number of methoxy groups -OCH3 is 2. The molecule has 1 heterocycles. The van der Waals surface area contributed by atoms with Gasteiger partial charge < -0.3 is 19.3 Å². The summed E-state index contributed by atoms with van der Waals surface area (Å²) in [7, 11) is 2.88. The second-order valence-corrected chi connectivity index (χ2v) is 4.50. The molecule has 0 amide bonds. The molecule has 7 heteroatoms. The fourth-order valence-electron chi connectivity index (χ4n) is 1.60. The molecule has 20 heavy (non-hydrogen) atoms. The maximum atomic E-state index is 11.0. The van der Waals surface area contributed by atoms with E-state index in [1.54, 1.807) is 5.51 Å². The third-order valence-corrected chi connectivity index (χ3v) is 3.19. The summed E-state index contributed by atoms with van der Waals surface area (Å²) in [5.41, 5.74) is 2.56. The Morgan fingerprint density at radius 2 is 1.95 bits per heavy atom. The monoisotopic (exact) mass is 295 g/mol. The highest BCUT2D eigenvalue weighted by Crippen LogP contribution is 2.39. The van der Waals surface area contributed by atoms with Gasteiger partial charge in [0.25, 0.3) is 0 Å². The molecule has 106 valence electrons. The lowest BCUT2D eigenvalue weighted by Gasteiger charge is -2.14. The number of carboxylic acid groups (broad SMARTS) is 1. The standard InChI is InChI=1S/C13H13NO5S/c1-17-10-3-8(13(15)16)4-11(18-2)12(10)19-5-9-6-20-7-14-9/h3-4,6-7H,5H2,1-2H3,(H,15,16). The van der Waals surface area contributed by atoms with Crippen LogP contribution in [-0.2, 0) is 6.61 Å². The molecular formula is C13H13NO5S. The molecule has 0 spiro atoms. The SMILES string of the molecule is COc1cc(C(=O)O)cc(OC)c1OCc1cscn1. The second kappa shape index (κ2) is 6.25. The van der Waals surface area contributed by atoms with E-state index in [0.717, 1.165) is 5.69 Å². The smallest absolute Gasteiger partial charge is 0.335 e. The summed E-state index contributed by atoms with van der Waals surface area (Å²) >= 11 is 1.47. The summed E-state index contributed by atoms with van der Waals surface area (Å²) < 4.78 is 16.0. The number of thiazole rings is 1. The van der Waals surface area contributed by atoms with Crippen molar-refractivity contribution >= 4 is 17.3 Å². The highest BCUT2D eigenvalue weighted by atomic mass is 32.1. The lowest BCUT2D eigenvalue weighted by molar-refractivity contribution is 0.0696. The minimum atomic E-state index is -1.06. The van der Waals surface area contributed by atoms with Gasteiger partial charge in [0.1, 0.15) is 6.61 Å². The molecule has 0 aliphatic heterocycles. The van der Waals surface area contributed by atoms with Gasteiger partial charge in [-0.25, -0.2) is 9.78 Å². The number of carbonyl (C=O) groups is 1. The molecule has 1 aromatic heterocycles. The number of ether oxygens (including phenoxy) is 3. The van der Waals surface area contributed by atoms with Crippen LogP contribution in [0.1, 0.15) is 16.1 Å². The average molecular weight is 295 g/mol. The predicted octanol–water partition coefficient (Wildman–Crippen LogP) is 2.44. The number of aromatic nitrogens is 1. The Morgan fingerprint density at radius 1 is 1.30 bits per heavy atom. The lowest BCUT2D eigenvalue weighted by Crippen LogP contribution is -2.03. The first-order chi connectivity index (χ1) is 9.65. The van der Waals surface area contributed by atoms with Gasteiger partial charge in [-0.05, 0) is 12.1 Å². The van der Waals surface area contributed by atoms with Gasteiger partial charge in [-0.3, -0.25) is 0 Å². The van der Waals surface area contributed by atoms with Crippen molar-refractivity contribution < 1.29 is 24.1 Å². The largest absolute Gasteiger partial charge is 0.493 e. The molecule has 0 unspecified atom stereocenters. The zero-order valence-electron chi connectivity index (χ0n) is 11.0. The van der Waals surface area contributed by atoms with E-state index in [1.807, 2.05) is 5.38 Å². The lowest BCUT2D eigenvalue weighted by atomic mass is 10.2. The summed E-state index contributed by atoms with van der Waals surface area (Å²) in [5.74, 6) is -0.102. The normalized spacial score (nSPS) is 10.1. The molecule has 1 N–H and O–H groups in total. The fraction of sp³-hybridized carbons (Fsp3) is 0.231. The molecule has 0 atom stereocenters. The summed E-state index contributed by atoms with van der Waals surface area (Å²) in [5, 5.41) is 10.9. The first-order valence-electron chi connectivity index (χ1n) is 5.65. The van der Waals surface area contributed by atoms with Crippen LogP contribution in [0.3, 0.4) is 0 Å². The average Bonchev–Trinajstić information content (AvgIpc) is 2.97. The number of hydrogen-bond donors (Lipinski definition) is 1. The van der Waals surface area contributed by atoms with Crippen molar-refractivity contribution in [2.75, 3.05) is 14.2 Å². The van der Waals surface area contributed by atoms with Crippen LogP contribution in [-0.4, -0.2) is 30.3 Å². The molecule has 1 aromatic carbocycles. The van der Waals surface area contributed by atoms with Crippen molar-refractivity contribution in [3.05, 3.63) is 34.3 Å². The molecule has 0 fully saturated rings. The Labute approximate surface area is 119 Å². The molecular weight excluding hydrogens is 282 g/mol. The van der Waals surface area contributed by atoms with E-state index in [0.29, 0.717) is 17.2 Å². The van der Waals surface area contributed by atoms with Crippen LogP contribution in [0.5, 0.6) is 17.2 Å². The Hall–Kier alpha value is -2.28. The van der Waals surface area contributed by atoms with Gasteiger partial charge in [-0.1, -0.05) is 0 Å². The topological polar surface area (TPSA) is 77.9 Å². The van der Waals surface area contributed by atoms with Gasteiger partial charge in [-0.2, -0.15) is 0 Å². The summed E-state index contributed by atoms with van der Waals surface area (Å²) in [6, 6.07) is 2.78. The quantitative estimate of drug-likeness (QED) is 0.882. The van der Waals surface area contributed by atoms with Crippen LogP contribution < -0.4 is 14.2 Å². The van der Waals surface area contributed by atoms with Gasteiger partial charge >= 0.3 is 5.97 Å². The van der Waals surface area contributed by atoms with Crippen LogP contribution in [0.2, 0.25) is 0 Å². The van der Waals surface area contributed by atoms with E-state index >= 15 is 0 Å². The Balaban J connectivity index is 2.32. The van der Waals surface area contributed by atoms with E-state index < -0.39 is 5.97 Å². The van der Waals surface area contributed by atoms with Crippen molar-refractivity contribution in [3.8, 4) is 17.2 Å². The molecule has 0 saturated carbocycles. The van der Waals surface area contributed by atoms with E-state index in [9.17, 15) is 4.79 Å². The van der Waals surface area contributed by atoms with Crippen LogP contribution in [0, 0.1) is 0 Å². The number of carboxylic acids is 1. The number of aromatic carboxylic acids is 1. The van der Waals surface area contributed by atoms with E-state index in [4.69, 9.17) is 19.3 Å². The zero-order chi connectivity index (χ0) is 14.5. The molecule has 0 radical (unpaired) electrons. The highest BCUT2D eigenvalue weighted by molar-refractivity contribution is 7.07. The fourth-order valence-corrected chi connectivity index (χ4v) is 2.14. The zero-order valence-corrected chi connectivity index (χ0v) is 11.8. The molecule has 2 aromatic rings. The van der Waals surface area contributed by atoms with E-state index in [-0.39, 0.29) is 12.2 Å². The second-order valence-electron chi connectivity index (χ2n) is 3.78. The van der Waals surface area contributed by atoms with Crippen LogP contribution in [0.15, 0.2) is 23.0 Å². The van der Waals surface area contributed by atoms with Crippen LogP contribution in [0.4, 0.5) is 0 Å². The van der Waals surface area contributed by atoms with Gasteiger partial charge in [0, 0.05) is 5.38 Å². The Kier molecular flexibility index (Phi) is 4.41. The third kappa shape index (κ3) is 3.00. The van der Waals surface area contributed by atoms with Crippen molar-refractivity contribution in [2.45, 2.75) is 6.61 Å². The van der Waals surface area contributed by atoms with Crippen LogP contribution >= 0.6 is 11.3 Å². The number of nitrogens with zero attached hydrogens (tertiary/aromatic N) is 1. The maximum absolute atomic E-state index is 11.0. The van der Waals surface area contributed by atoms with Gasteiger partial charge in [-0.15, -0.1) is 11.3 Å². The number of benzene rings is 1. The predicted molar refractivity (Wildman–Crippen MR) is 73.0 cm³/mol. The summed E-state index contributed by atoms with van der Waals surface area (Å²) in [6.07, 6.45) is 0. The van der Waals surface area contributed by atoms with Gasteiger partial charge in [0.15, 0.2) is 11.5 Å². The Bertz CT molecular complexity index is 572. The van der Waals surface area contributed by atoms with Crippen molar-refractivity contribution in [1.29, 1.82) is 0 Å². The van der Waals surface area contributed by atoms with E-state index in [1.165, 1.54) is 37.7 Å². The molecule has 0 saturated heterocycles. The first kappa shape index (κ1) is 14.1. The molecule has 0 aliphatic rings. The summed E-state index contributed by atoms with van der Waals surface area (Å²) in [4.78, 5) is 15.1. The highest BCUT2D eigenvalue weighted by Gasteiger charge is 2.17. The minimum Gasteiger partial charge on any atom is -0.493 e. The van der Waals surface area contributed by atoms with Crippen molar-refractivity contribution in [1.82, 2.24) is 4.98 Å². The van der Waals surface area contributed by atoms with E-state index in [2.05, 4.69) is 4.98 Å². The molecule has 6 nitrogen and oxygen atoms in total. The van der Waals surface area contributed by atoms with Crippen LogP contribution in [0.25, 0.3) is 0 Å². The molecule has 0 aliphatic carbocycles. The minimum absolute atomic E-state index is 0.0692. The number of hydrogen-bond acceptors (Lipinski definition) is 6. The van der Waals surface area contributed by atoms with Gasteiger partial charge in [0.05, 0.1) is 31.0 Å². The maximum Gasteiger partial charge on any atom is 0.335 e. The van der Waals surface area contributed by atoms with Crippen molar-refractivity contribution in [2.24, 2.45) is 0 Å². The third-order valence-electron chi connectivity index (χ3n) is 2.56.